The molecule has 0 unspecified atom stereocenters. The molecule has 0 atom stereocenters. The smallest absolute Gasteiger partial charge is 0.305 e. The number of alkyl halides is 3. The molecule has 2 heterocycles. The summed E-state index contributed by atoms with van der Waals surface area (Å²) in [6.07, 6.45) is -1.43. The van der Waals surface area contributed by atoms with Crippen molar-refractivity contribution in [2.75, 3.05) is 0 Å². The van der Waals surface area contributed by atoms with E-state index in [0.717, 1.165) is 18.2 Å². The standard InChI is InChI=1S/C15H11ClF3N3O2S/c16-11-4-5-14-21-12(9-22(14)8-11)7-20-25(23,24)13-3-1-2-10(6-13)15(17,18)19/h1-6,8-9,20H,7H2. The van der Waals surface area contributed by atoms with Gasteiger partial charge in [0, 0.05) is 12.4 Å². The molecule has 132 valence electrons. The molecule has 3 rings (SSSR count). The molecular formula is C15H11ClF3N3O2S. The zero-order chi connectivity index (χ0) is 18.2. The molecule has 10 heteroatoms. The molecule has 0 amide bonds. The molecule has 3 aromatic rings. The highest BCUT2D eigenvalue weighted by Gasteiger charge is 2.31. The largest absolute Gasteiger partial charge is 0.416 e. The van der Waals surface area contributed by atoms with Crippen molar-refractivity contribution in [1.29, 1.82) is 0 Å². The first-order chi connectivity index (χ1) is 11.6. The second kappa shape index (κ2) is 6.32. The number of hydrogen-bond donors (Lipinski definition) is 1. The number of imidazole rings is 1. The number of pyridine rings is 1. The summed E-state index contributed by atoms with van der Waals surface area (Å²) in [5.41, 5.74) is -0.0618. The number of halogens is 4. The third-order valence-corrected chi connectivity index (χ3v) is 5.00. The van der Waals surface area contributed by atoms with Crippen LogP contribution < -0.4 is 4.72 Å². The molecule has 0 aliphatic heterocycles. The van der Waals surface area contributed by atoms with E-state index in [0.29, 0.717) is 22.4 Å². The molecule has 0 fully saturated rings. The van der Waals surface area contributed by atoms with Crippen molar-refractivity contribution in [3.8, 4) is 0 Å². The van der Waals surface area contributed by atoms with Crippen LogP contribution in [0.2, 0.25) is 5.02 Å². The third-order valence-electron chi connectivity index (χ3n) is 3.38. The van der Waals surface area contributed by atoms with Crippen LogP contribution >= 0.6 is 11.6 Å². The second-order valence-electron chi connectivity index (χ2n) is 5.20. The number of aromatic nitrogens is 2. The van der Waals surface area contributed by atoms with Gasteiger partial charge in [-0.15, -0.1) is 0 Å². The molecule has 0 aliphatic rings. The van der Waals surface area contributed by atoms with Crippen molar-refractivity contribution in [3.05, 3.63) is 65.1 Å². The van der Waals surface area contributed by atoms with Crippen molar-refractivity contribution < 1.29 is 21.6 Å². The minimum absolute atomic E-state index is 0.169. The number of fused-ring (bicyclic) bond motifs is 1. The summed E-state index contributed by atoms with van der Waals surface area (Å²) in [5, 5.41) is 0.487. The van der Waals surface area contributed by atoms with Crippen molar-refractivity contribution in [2.45, 2.75) is 17.6 Å². The van der Waals surface area contributed by atoms with Crippen LogP contribution in [0.5, 0.6) is 0 Å². The summed E-state index contributed by atoms with van der Waals surface area (Å²) in [5.74, 6) is 0. The zero-order valence-electron chi connectivity index (χ0n) is 12.5. The van der Waals surface area contributed by atoms with Gasteiger partial charge in [-0.1, -0.05) is 17.7 Å². The van der Waals surface area contributed by atoms with Crippen LogP contribution in [-0.4, -0.2) is 17.8 Å². The topological polar surface area (TPSA) is 63.5 Å². The van der Waals surface area contributed by atoms with Gasteiger partial charge in [0.05, 0.1) is 27.7 Å². The van der Waals surface area contributed by atoms with E-state index in [1.165, 1.54) is 0 Å². The van der Waals surface area contributed by atoms with Crippen LogP contribution in [0.4, 0.5) is 13.2 Å². The number of nitrogens with zero attached hydrogens (tertiary/aromatic N) is 2. The number of hydrogen-bond acceptors (Lipinski definition) is 3. The predicted octanol–water partition coefficient (Wildman–Crippen LogP) is 3.49. The van der Waals surface area contributed by atoms with Crippen molar-refractivity contribution in [3.63, 3.8) is 0 Å². The van der Waals surface area contributed by atoms with E-state index in [-0.39, 0.29) is 6.54 Å². The van der Waals surface area contributed by atoms with Gasteiger partial charge in [0.1, 0.15) is 5.65 Å². The maximum Gasteiger partial charge on any atom is 0.416 e. The van der Waals surface area contributed by atoms with Crippen molar-refractivity contribution >= 4 is 27.3 Å². The van der Waals surface area contributed by atoms with Gasteiger partial charge in [0.15, 0.2) is 0 Å². The minimum Gasteiger partial charge on any atom is -0.305 e. The highest BCUT2D eigenvalue weighted by atomic mass is 35.5. The highest BCUT2D eigenvalue weighted by molar-refractivity contribution is 7.89. The third kappa shape index (κ3) is 3.94. The fourth-order valence-corrected chi connectivity index (χ4v) is 3.41. The van der Waals surface area contributed by atoms with E-state index >= 15 is 0 Å². The molecule has 0 aliphatic carbocycles. The quantitative estimate of drug-likeness (QED) is 0.743. The van der Waals surface area contributed by atoms with Crippen LogP contribution in [0, 0.1) is 0 Å². The Balaban J connectivity index is 1.81. The van der Waals surface area contributed by atoms with E-state index in [4.69, 9.17) is 11.6 Å². The summed E-state index contributed by atoms with van der Waals surface area (Å²) in [6, 6.07) is 6.84. The molecule has 5 nitrogen and oxygen atoms in total. The van der Waals surface area contributed by atoms with Crippen LogP contribution in [0.15, 0.2) is 53.7 Å². The monoisotopic (exact) mass is 389 g/mol. The predicted molar refractivity (Wildman–Crippen MR) is 85.7 cm³/mol. The fourth-order valence-electron chi connectivity index (χ4n) is 2.19. The van der Waals surface area contributed by atoms with E-state index in [1.807, 2.05) is 0 Å². The lowest BCUT2D eigenvalue weighted by Crippen LogP contribution is -2.23. The van der Waals surface area contributed by atoms with Crippen molar-refractivity contribution in [1.82, 2.24) is 14.1 Å². The Hall–Kier alpha value is -2.10. The number of rotatable bonds is 4. The molecule has 0 saturated carbocycles. The molecule has 0 spiro atoms. The lowest BCUT2D eigenvalue weighted by Gasteiger charge is -2.09. The SMILES string of the molecule is O=S(=O)(NCc1cn2cc(Cl)ccc2n1)c1cccc(C(F)(F)F)c1. The number of nitrogens with one attached hydrogen (secondary N) is 1. The van der Waals surface area contributed by atoms with Crippen LogP contribution in [-0.2, 0) is 22.7 Å². The Morgan fingerprint density at radius 1 is 1.16 bits per heavy atom. The fraction of sp³-hybridized carbons (Fsp3) is 0.133. The van der Waals surface area contributed by atoms with Crippen LogP contribution in [0.1, 0.15) is 11.3 Å². The first kappa shape index (κ1) is 17.7. The van der Waals surface area contributed by atoms with Gasteiger partial charge >= 0.3 is 6.18 Å². The average molecular weight is 390 g/mol. The molecule has 0 saturated heterocycles. The Bertz CT molecular complexity index is 1030. The highest BCUT2D eigenvalue weighted by Crippen LogP contribution is 2.30. The van der Waals surface area contributed by atoms with Gasteiger partial charge in [-0.05, 0) is 30.3 Å². The lowest BCUT2D eigenvalue weighted by molar-refractivity contribution is -0.137. The maximum absolute atomic E-state index is 12.7. The lowest BCUT2D eigenvalue weighted by atomic mass is 10.2. The molecule has 2 aromatic heterocycles. The molecular weight excluding hydrogens is 379 g/mol. The summed E-state index contributed by atoms with van der Waals surface area (Å²) < 4.78 is 66.5. The maximum atomic E-state index is 12.7. The summed E-state index contributed by atoms with van der Waals surface area (Å²) in [6.45, 7) is -0.169. The van der Waals surface area contributed by atoms with Gasteiger partial charge in [-0.2, -0.15) is 13.2 Å². The summed E-state index contributed by atoms with van der Waals surface area (Å²) >= 11 is 5.86. The Morgan fingerprint density at radius 3 is 2.64 bits per heavy atom. The van der Waals surface area contributed by atoms with Gasteiger partial charge in [-0.25, -0.2) is 18.1 Å². The molecule has 0 bridgehead atoms. The van der Waals surface area contributed by atoms with Gasteiger partial charge in [-0.3, -0.25) is 0 Å². The molecule has 0 radical (unpaired) electrons. The molecule has 1 N–H and O–H groups in total. The van der Waals surface area contributed by atoms with Gasteiger partial charge in [0.25, 0.3) is 0 Å². The van der Waals surface area contributed by atoms with E-state index < -0.39 is 26.7 Å². The van der Waals surface area contributed by atoms with Gasteiger partial charge in [0.2, 0.25) is 10.0 Å². The molecule has 25 heavy (non-hydrogen) atoms. The number of benzene rings is 1. The zero-order valence-corrected chi connectivity index (χ0v) is 14.0. The van der Waals surface area contributed by atoms with Crippen LogP contribution in [0.3, 0.4) is 0 Å². The Morgan fingerprint density at radius 2 is 1.92 bits per heavy atom. The average Bonchev–Trinajstić information content (AvgIpc) is 2.94. The van der Waals surface area contributed by atoms with E-state index in [9.17, 15) is 21.6 Å². The first-order valence-electron chi connectivity index (χ1n) is 6.95. The van der Waals surface area contributed by atoms with Crippen LogP contribution in [0.25, 0.3) is 5.65 Å². The van der Waals surface area contributed by atoms with E-state index in [2.05, 4.69) is 9.71 Å². The van der Waals surface area contributed by atoms with E-state index in [1.54, 1.807) is 28.9 Å². The summed E-state index contributed by atoms with van der Waals surface area (Å²) in [4.78, 5) is 3.74. The van der Waals surface area contributed by atoms with Gasteiger partial charge < -0.3 is 4.40 Å². The molecule has 1 aromatic carbocycles. The Kier molecular flexibility index (Phi) is 4.48. The normalized spacial score (nSPS) is 12.6. The number of sulfonamides is 1. The minimum atomic E-state index is -4.62. The first-order valence-corrected chi connectivity index (χ1v) is 8.81. The van der Waals surface area contributed by atoms with Crippen molar-refractivity contribution in [2.24, 2.45) is 0 Å². The second-order valence-corrected chi connectivity index (χ2v) is 7.40. The Labute approximate surface area is 146 Å². The summed E-state index contributed by atoms with van der Waals surface area (Å²) in [7, 11) is -4.11.